The van der Waals surface area contributed by atoms with E-state index >= 15 is 0 Å². The number of hydrogen-bond acceptors (Lipinski definition) is 3. The summed E-state index contributed by atoms with van der Waals surface area (Å²) in [5.41, 5.74) is 5.99. The molecule has 2 aromatic carbocycles. The van der Waals surface area contributed by atoms with E-state index in [1.807, 2.05) is 0 Å². The summed E-state index contributed by atoms with van der Waals surface area (Å²) >= 11 is 0. The van der Waals surface area contributed by atoms with Crippen LogP contribution in [-0.4, -0.2) is 8.42 Å². The highest BCUT2D eigenvalue weighted by Crippen LogP contribution is 2.25. The number of nitrogens with one attached hydrogen (secondary N) is 1. The van der Waals surface area contributed by atoms with E-state index in [-0.39, 0.29) is 21.8 Å². The molecule has 3 N–H and O–H groups in total. The maximum Gasteiger partial charge on any atom is 0.262 e. The molecule has 0 heterocycles. The van der Waals surface area contributed by atoms with Crippen LogP contribution in [0.4, 0.5) is 20.2 Å². The van der Waals surface area contributed by atoms with Gasteiger partial charge in [0.1, 0.15) is 11.6 Å². The topological polar surface area (TPSA) is 72.2 Å². The number of nitrogens with two attached hydrogens (primary N) is 1. The summed E-state index contributed by atoms with van der Waals surface area (Å²) in [6.07, 6.45) is 0. The molecule has 0 bridgehead atoms. The first-order chi connectivity index (χ1) is 9.72. The molecule has 2 aromatic rings. The highest BCUT2D eigenvalue weighted by Gasteiger charge is 2.20. The number of hydrogen-bond donors (Lipinski definition) is 2. The zero-order valence-electron chi connectivity index (χ0n) is 11.4. The molecule has 0 spiro atoms. The van der Waals surface area contributed by atoms with Crippen LogP contribution in [0.3, 0.4) is 0 Å². The second kappa shape index (κ2) is 5.33. The summed E-state index contributed by atoms with van der Waals surface area (Å²) in [7, 11) is -4.13. The van der Waals surface area contributed by atoms with Crippen molar-refractivity contribution in [1.82, 2.24) is 0 Å². The normalized spacial score (nSPS) is 11.4. The minimum atomic E-state index is -4.13. The highest BCUT2D eigenvalue weighted by molar-refractivity contribution is 7.92. The van der Waals surface area contributed by atoms with Crippen LogP contribution in [0.15, 0.2) is 35.2 Å². The molecule has 0 radical (unpaired) electrons. The number of halogens is 2. The van der Waals surface area contributed by atoms with Gasteiger partial charge >= 0.3 is 0 Å². The summed E-state index contributed by atoms with van der Waals surface area (Å²) < 4.78 is 53.9. The number of para-hydroxylation sites is 1. The number of rotatable bonds is 3. The van der Waals surface area contributed by atoms with E-state index in [0.29, 0.717) is 5.56 Å². The van der Waals surface area contributed by atoms with Crippen molar-refractivity contribution in [3.8, 4) is 0 Å². The number of sulfonamides is 1. The van der Waals surface area contributed by atoms with E-state index in [0.717, 1.165) is 18.2 Å². The summed E-state index contributed by atoms with van der Waals surface area (Å²) in [4.78, 5) is -0.356. The molecule has 0 amide bonds. The van der Waals surface area contributed by atoms with Gasteiger partial charge in [0.25, 0.3) is 10.0 Å². The maximum absolute atomic E-state index is 13.7. The van der Waals surface area contributed by atoms with E-state index in [1.165, 1.54) is 13.0 Å². The Kier molecular flexibility index (Phi) is 3.87. The zero-order chi connectivity index (χ0) is 15.8. The quantitative estimate of drug-likeness (QED) is 0.856. The Hall–Kier alpha value is -2.15. The number of benzene rings is 2. The summed E-state index contributed by atoms with van der Waals surface area (Å²) in [5, 5.41) is 0. The van der Waals surface area contributed by atoms with Gasteiger partial charge < -0.3 is 5.73 Å². The lowest BCUT2D eigenvalue weighted by Crippen LogP contribution is -2.16. The third kappa shape index (κ3) is 2.97. The fourth-order valence-corrected chi connectivity index (χ4v) is 2.97. The number of anilines is 2. The molecule has 0 saturated carbocycles. The Morgan fingerprint density at radius 3 is 2.33 bits per heavy atom. The van der Waals surface area contributed by atoms with E-state index in [2.05, 4.69) is 4.72 Å². The van der Waals surface area contributed by atoms with Crippen molar-refractivity contribution < 1.29 is 17.2 Å². The van der Waals surface area contributed by atoms with E-state index < -0.39 is 21.7 Å². The third-order valence-corrected chi connectivity index (χ3v) is 4.46. The van der Waals surface area contributed by atoms with Gasteiger partial charge in [0.15, 0.2) is 0 Å². The first-order valence-corrected chi connectivity index (χ1v) is 7.54. The van der Waals surface area contributed by atoms with E-state index in [1.54, 1.807) is 13.0 Å². The fourth-order valence-electron chi connectivity index (χ4n) is 1.78. The monoisotopic (exact) mass is 312 g/mol. The molecule has 7 heteroatoms. The van der Waals surface area contributed by atoms with Crippen LogP contribution in [-0.2, 0) is 10.0 Å². The molecule has 0 aliphatic heterocycles. The predicted molar refractivity (Wildman–Crippen MR) is 77.5 cm³/mol. The lowest BCUT2D eigenvalue weighted by Gasteiger charge is -2.12. The van der Waals surface area contributed by atoms with Gasteiger partial charge in [0, 0.05) is 11.3 Å². The molecular formula is C14H14F2N2O2S. The van der Waals surface area contributed by atoms with E-state index in [9.17, 15) is 17.2 Å². The average molecular weight is 312 g/mol. The zero-order valence-corrected chi connectivity index (χ0v) is 12.3. The lowest BCUT2D eigenvalue weighted by molar-refractivity contribution is 0.591. The smallest absolute Gasteiger partial charge is 0.262 e. The molecule has 0 aliphatic rings. The Morgan fingerprint density at radius 1 is 1.10 bits per heavy atom. The lowest BCUT2D eigenvalue weighted by atomic mass is 10.2. The molecule has 0 aromatic heterocycles. The number of nitrogen functional groups attached to an aromatic ring is 1. The Labute approximate surface area is 121 Å². The molecule has 0 fully saturated rings. The Bertz CT molecular complexity index is 761. The molecule has 0 unspecified atom stereocenters. The van der Waals surface area contributed by atoms with Gasteiger partial charge in [-0.2, -0.15) is 0 Å². The molecule has 0 aliphatic carbocycles. The Morgan fingerprint density at radius 2 is 1.76 bits per heavy atom. The van der Waals surface area contributed by atoms with Crippen LogP contribution in [0.25, 0.3) is 0 Å². The van der Waals surface area contributed by atoms with Crippen molar-refractivity contribution in [3.05, 3.63) is 53.1 Å². The average Bonchev–Trinajstić information content (AvgIpc) is 2.40. The largest absolute Gasteiger partial charge is 0.398 e. The summed E-state index contributed by atoms with van der Waals surface area (Å²) in [5.74, 6) is -1.44. The maximum atomic E-state index is 13.7. The minimum Gasteiger partial charge on any atom is -0.398 e. The van der Waals surface area contributed by atoms with Crippen LogP contribution < -0.4 is 10.5 Å². The molecular weight excluding hydrogens is 298 g/mol. The van der Waals surface area contributed by atoms with Crippen LogP contribution in [0, 0.1) is 25.5 Å². The summed E-state index contributed by atoms with van der Waals surface area (Å²) in [6, 6.07) is 6.15. The van der Waals surface area contributed by atoms with Gasteiger partial charge in [0.05, 0.1) is 10.6 Å². The fraction of sp³-hybridized carbons (Fsp3) is 0.143. The standard InChI is InChI=1S/C14H14F2N2O2S/c1-8-4-3-5-11(15)14(8)18-21(19,20)10-6-12(16)9(2)13(17)7-10/h3-7,18H,17H2,1-2H3. The van der Waals surface area contributed by atoms with Crippen LogP contribution in [0.2, 0.25) is 0 Å². The van der Waals surface area contributed by atoms with Crippen LogP contribution >= 0.6 is 0 Å². The van der Waals surface area contributed by atoms with Gasteiger partial charge in [-0.1, -0.05) is 12.1 Å². The second-order valence-electron chi connectivity index (χ2n) is 4.66. The van der Waals surface area contributed by atoms with Crippen molar-refractivity contribution in [3.63, 3.8) is 0 Å². The van der Waals surface area contributed by atoms with Crippen LogP contribution in [0.5, 0.6) is 0 Å². The molecule has 0 atom stereocenters. The highest BCUT2D eigenvalue weighted by atomic mass is 32.2. The second-order valence-corrected chi connectivity index (χ2v) is 6.34. The van der Waals surface area contributed by atoms with Gasteiger partial charge in [-0.05, 0) is 37.6 Å². The van der Waals surface area contributed by atoms with Crippen molar-refractivity contribution in [1.29, 1.82) is 0 Å². The van der Waals surface area contributed by atoms with Crippen molar-refractivity contribution >= 4 is 21.4 Å². The van der Waals surface area contributed by atoms with Gasteiger partial charge in [-0.3, -0.25) is 4.72 Å². The molecule has 112 valence electrons. The summed E-state index contributed by atoms with van der Waals surface area (Å²) in [6.45, 7) is 3.00. The molecule has 4 nitrogen and oxygen atoms in total. The van der Waals surface area contributed by atoms with Gasteiger partial charge in [0.2, 0.25) is 0 Å². The minimum absolute atomic E-state index is 0.0145. The molecule has 21 heavy (non-hydrogen) atoms. The molecule has 2 rings (SSSR count). The van der Waals surface area contributed by atoms with E-state index in [4.69, 9.17) is 5.73 Å². The number of aryl methyl sites for hydroxylation is 1. The van der Waals surface area contributed by atoms with Gasteiger partial charge in [-0.25, -0.2) is 17.2 Å². The van der Waals surface area contributed by atoms with Crippen LogP contribution in [0.1, 0.15) is 11.1 Å². The van der Waals surface area contributed by atoms with Crippen molar-refractivity contribution in [2.45, 2.75) is 18.7 Å². The first kappa shape index (κ1) is 15.2. The predicted octanol–water partition coefficient (Wildman–Crippen LogP) is 2.96. The SMILES string of the molecule is Cc1cccc(F)c1NS(=O)(=O)c1cc(N)c(C)c(F)c1. The first-order valence-electron chi connectivity index (χ1n) is 6.06. The molecule has 0 saturated heterocycles. The van der Waals surface area contributed by atoms with Gasteiger partial charge in [-0.15, -0.1) is 0 Å². The van der Waals surface area contributed by atoms with Crippen molar-refractivity contribution in [2.75, 3.05) is 10.5 Å². The third-order valence-electron chi connectivity index (χ3n) is 3.13. The van der Waals surface area contributed by atoms with Crippen molar-refractivity contribution in [2.24, 2.45) is 0 Å². The Balaban J connectivity index is 2.49.